The molecule has 0 fully saturated rings. The maximum atomic E-state index is 12.3. The maximum Gasteiger partial charge on any atom is 0.253 e. The molecule has 0 saturated carbocycles. The molecule has 0 spiro atoms. The molecule has 4 N–H and O–H groups in total. The smallest absolute Gasteiger partial charge is 0.253 e. The molecule has 0 aliphatic heterocycles. The van der Waals surface area contributed by atoms with E-state index >= 15 is 0 Å². The maximum absolute atomic E-state index is 12.3. The van der Waals surface area contributed by atoms with E-state index in [0.717, 1.165) is 5.56 Å². The molecule has 0 aliphatic carbocycles. The van der Waals surface area contributed by atoms with E-state index in [0.29, 0.717) is 11.3 Å². The highest BCUT2D eigenvalue weighted by Gasteiger charge is 2.16. The van der Waals surface area contributed by atoms with E-state index < -0.39 is 0 Å². The standard InChI is InChI=1S/C19H23N3O2.ClH/c1-13(2)21-19(24)15-10-6-7-11-17(15)22-18(23)12-16(20)14-8-4-3-5-9-14;/h3-11,13,16H,12,20H2,1-2H3,(H,21,24)(H,22,23);1H. The van der Waals surface area contributed by atoms with Gasteiger partial charge < -0.3 is 16.4 Å². The van der Waals surface area contributed by atoms with Gasteiger partial charge in [0.05, 0.1) is 11.3 Å². The van der Waals surface area contributed by atoms with Crippen LogP contribution in [0.2, 0.25) is 0 Å². The first-order chi connectivity index (χ1) is 11.5. The van der Waals surface area contributed by atoms with Crippen molar-refractivity contribution in [2.75, 3.05) is 5.32 Å². The summed E-state index contributed by atoms with van der Waals surface area (Å²) in [4.78, 5) is 24.5. The van der Waals surface area contributed by atoms with Crippen LogP contribution in [-0.2, 0) is 4.79 Å². The van der Waals surface area contributed by atoms with Crippen LogP contribution in [0.5, 0.6) is 0 Å². The molecule has 0 heterocycles. The van der Waals surface area contributed by atoms with Gasteiger partial charge >= 0.3 is 0 Å². The molecule has 0 radical (unpaired) electrons. The van der Waals surface area contributed by atoms with E-state index in [2.05, 4.69) is 10.6 Å². The Hall–Kier alpha value is -2.37. The molecular weight excluding hydrogens is 338 g/mol. The van der Waals surface area contributed by atoms with E-state index in [9.17, 15) is 9.59 Å². The van der Waals surface area contributed by atoms with Crippen molar-refractivity contribution in [3.8, 4) is 0 Å². The number of nitrogens with two attached hydrogens (primary N) is 1. The summed E-state index contributed by atoms with van der Waals surface area (Å²) >= 11 is 0. The summed E-state index contributed by atoms with van der Waals surface area (Å²) in [6.07, 6.45) is 0.143. The fraction of sp³-hybridized carbons (Fsp3) is 0.263. The van der Waals surface area contributed by atoms with Crippen molar-refractivity contribution < 1.29 is 9.59 Å². The summed E-state index contributed by atoms with van der Waals surface area (Å²) in [6, 6.07) is 16.0. The highest BCUT2D eigenvalue weighted by molar-refractivity contribution is 6.03. The predicted molar refractivity (Wildman–Crippen MR) is 103 cm³/mol. The Morgan fingerprint density at radius 3 is 2.24 bits per heavy atom. The molecule has 2 amide bonds. The molecule has 25 heavy (non-hydrogen) atoms. The zero-order valence-electron chi connectivity index (χ0n) is 14.4. The minimum atomic E-state index is -0.386. The van der Waals surface area contributed by atoms with Crippen molar-refractivity contribution in [3.63, 3.8) is 0 Å². The molecule has 0 aromatic heterocycles. The van der Waals surface area contributed by atoms with Gasteiger partial charge in [-0.25, -0.2) is 0 Å². The minimum absolute atomic E-state index is 0. The molecule has 2 rings (SSSR count). The lowest BCUT2D eigenvalue weighted by atomic mass is 10.0. The number of carbonyl (C=O) groups is 2. The van der Waals surface area contributed by atoms with E-state index in [1.807, 2.05) is 44.2 Å². The van der Waals surface area contributed by atoms with Crippen molar-refractivity contribution in [3.05, 3.63) is 65.7 Å². The number of benzene rings is 2. The molecule has 2 aromatic carbocycles. The summed E-state index contributed by atoms with van der Waals surface area (Å²) in [5.41, 5.74) is 7.90. The van der Waals surface area contributed by atoms with Crippen molar-refractivity contribution >= 4 is 29.9 Å². The van der Waals surface area contributed by atoms with Crippen LogP contribution in [0.3, 0.4) is 0 Å². The predicted octanol–water partition coefficient (Wildman–Crippen LogP) is 3.28. The van der Waals surface area contributed by atoms with Crippen LogP contribution >= 0.6 is 12.4 Å². The van der Waals surface area contributed by atoms with Crippen molar-refractivity contribution in [2.45, 2.75) is 32.4 Å². The third-order valence-corrected chi connectivity index (χ3v) is 3.50. The number of nitrogens with one attached hydrogen (secondary N) is 2. The monoisotopic (exact) mass is 361 g/mol. The number of carbonyl (C=O) groups excluding carboxylic acids is 2. The van der Waals surface area contributed by atoms with Gasteiger partial charge in [0.2, 0.25) is 5.91 Å². The number of amides is 2. The molecule has 6 heteroatoms. The van der Waals surface area contributed by atoms with Gasteiger partial charge in [0.15, 0.2) is 0 Å². The van der Waals surface area contributed by atoms with Gasteiger partial charge in [0.1, 0.15) is 0 Å². The van der Waals surface area contributed by atoms with Gasteiger partial charge in [0, 0.05) is 18.5 Å². The van der Waals surface area contributed by atoms with Gasteiger partial charge in [-0.15, -0.1) is 12.4 Å². The Bertz CT molecular complexity index is 705. The molecule has 0 saturated heterocycles. The Morgan fingerprint density at radius 2 is 1.60 bits per heavy atom. The lowest BCUT2D eigenvalue weighted by molar-refractivity contribution is -0.116. The molecule has 2 aromatic rings. The average Bonchev–Trinajstić information content (AvgIpc) is 2.55. The molecular formula is C19H24ClN3O2. The number of hydrogen-bond donors (Lipinski definition) is 3. The topological polar surface area (TPSA) is 84.2 Å². The summed E-state index contributed by atoms with van der Waals surface area (Å²) in [7, 11) is 0. The molecule has 5 nitrogen and oxygen atoms in total. The summed E-state index contributed by atoms with van der Waals surface area (Å²) in [5.74, 6) is -0.440. The first-order valence-electron chi connectivity index (χ1n) is 7.97. The van der Waals surface area contributed by atoms with Gasteiger partial charge in [-0.05, 0) is 31.5 Å². The average molecular weight is 362 g/mol. The largest absolute Gasteiger partial charge is 0.350 e. The van der Waals surface area contributed by atoms with Crippen LogP contribution in [0.25, 0.3) is 0 Å². The van der Waals surface area contributed by atoms with Gasteiger partial charge in [-0.3, -0.25) is 9.59 Å². The second-order valence-corrected chi connectivity index (χ2v) is 5.94. The summed E-state index contributed by atoms with van der Waals surface area (Å²) < 4.78 is 0. The fourth-order valence-corrected chi connectivity index (χ4v) is 2.35. The number of anilines is 1. The van der Waals surface area contributed by atoms with Crippen LogP contribution in [-0.4, -0.2) is 17.9 Å². The molecule has 1 atom stereocenters. The second-order valence-electron chi connectivity index (χ2n) is 5.94. The Labute approximate surface area is 154 Å². The highest BCUT2D eigenvalue weighted by Crippen LogP contribution is 2.18. The third kappa shape index (κ3) is 6.21. The zero-order valence-corrected chi connectivity index (χ0v) is 15.2. The number of para-hydroxylation sites is 1. The van der Waals surface area contributed by atoms with E-state index in [1.165, 1.54) is 0 Å². The lowest BCUT2D eigenvalue weighted by Crippen LogP contribution is -2.31. The van der Waals surface area contributed by atoms with Crippen LogP contribution in [0.1, 0.15) is 42.2 Å². The molecule has 134 valence electrons. The highest BCUT2D eigenvalue weighted by atomic mass is 35.5. The van der Waals surface area contributed by atoms with E-state index in [-0.39, 0.29) is 42.7 Å². The Kier molecular flexibility index (Phi) is 8.11. The second kappa shape index (κ2) is 9.81. The quantitative estimate of drug-likeness (QED) is 0.738. The van der Waals surface area contributed by atoms with Crippen LogP contribution < -0.4 is 16.4 Å². The lowest BCUT2D eigenvalue weighted by Gasteiger charge is -2.15. The van der Waals surface area contributed by atoms with Crippen LogP contribution in [0, 0.1) is 0 Å². The number of rotatable bonds is 6. The van der Waals surface area contributed by atoms with Crippen LogP contribution in [0.15, 0.2) is 54.6 Å². The SMILES string of the molecule is CC(C)NC(=O)c1ccccc1NC(=O)CC(N)c1ccccc1.Cl. The van der Waals surface area contributed by atoms with Gasteiger partial charge in [0.25, 0.3) is 5.91 Å². The third-order valence-electron chi connectivity index (χ3n) is 3.50. The van der Waals surface area contributed by atoms with E-state index in [1.54, 1.807) is 24.3 Å². The molecule has 1 unspecified atom stereocenters. The van der Waals surface area contributed by atoms with Gasteiger partial charge in [-0.2, -0.15) is 0 Å². The molecule has 0 bridgehead atoms. The van der Waals surface area contributed by atoms with Crippen molar-refractivity contribution in [1.29, 1.82) is 0 Å². The van der Waals surface area contributed by atoms with Crippen LogP contribution in [0.4, 0.5) is 5.69 Å². The number of halogens is 1. The Morgan fingerprint density at radius 1 is 1.00 bits per heavy atom. The first kappa shape index (κ1) is 20.7. The van der Waals surface area contributed by atoms with Gasteiger partial charge in [-0.1, -0.05) is 42.5 Å². The van der Waals surface area contributed by atoms with Crippen molar-refractivity contribution in [2.24, 2.45) is 5.73 Å². The van der Waals surface area contributed by atoms with E-state index in [4.69, 9.17) is 5.73 Å². The minimum Gasteiger partial charge on any atom is -0.350 e. The Balaban J connectivity index is 0.00000312. The summed E-state index contributed by atoms with van der Waals surface area (Å²) in [5, 5.41) is 5.61. The normalized spacial score (nSPS) is 11.4. The summed E-state index contributed by atoms with van der Waals surface area (Å²) in [6.45, 7) is 3.77. The first-order valence-corrected chi connectivity index (χ1v) is 7.97. The fourth-order valence-electron chi connectivity index (χ4n) is 2.35. The number of hydrogen-bond acceptors (Lipinski definition) is 3. The molecule has 0 aliphatic rings. The zero-order chi connectivity index (χ0) is 17.5. The van der Waals surface area contributed by atoms with Crippen molar-refractivity contribution in [1.82, 2.24) is 5.32 Å².